The maximum Gasteiger partial charge on any atom is 0.149 e. The molecule has 1 fully saturated rings. The Hall–Kier alpha value is -6.26. The van der Waals surface area contributed by atoms with Gasteiger partial charge in [0, 0.05) is 29.9 Å². The summed E-state index contributed by atoms with van der Waals surface area (Å²) >= 11 is 0. The van der Waals surface area contributed by atoms with Crippen molar-refractivity contribution in [2.75, 3.05) is 0 Å². The monoisotopic (exact) mass is 748 g/mol. The summed E-state index contributed by atoms with van der Waals surface area (Å²) in [4.78, 5) is 10.2. The normalized spacial score (nSPS) is 19.9. The van der Waals surface area contributed by atoms with Crippen molar-refractivity contribution < 1.29 is 12.0 Å². The number of rotatable bonds is 7. The number of nitrogens with zero attached hydrogens (tertiary/aromatic N) is 3. The fourth-order valence-corrected chi connectivity index (χ4v) is 8.18. The number of benzene rings is 6. The summed E-state index contributed by atoms with van der Waals surface area (Å²) in [5.41, 5.74) is 11.8. The molecule has 1 aliphatic carbocycles. The number of aryl methyl sites for hydroxylation is 1. The Kier molecular flexibility index (Phi) is 8.13. The molecule has 2 heterocycles. The predicted molar refractivity (Wildman–Crippen MR) is 236 cm³/mol. The number of hydrogen-bond donors (Lipinski definition) is 1. The van der Waals surface area contributed by atoms with Crippen LogP contribution in [0.5, 0.6) is 5.75 Å². The van der Waals surface area contributed by atoms with Crippen LogP contribution in [0.3, 0.4) is 0 Å². The fraction of sp³-hybridized carbons (Fsp3) is 0.208. The molecular formula is C53H49N3O. The van der Waals surface area contributed by atoms with Crippen molar-refractivity contribution in [1.29, 1.82) is 0 Å². The molecule has 0 spiro atoms. The van der Waals surface area contributed by atoms with Gasteiger partial charge in [-0.05, 0) is 138 Å². The van der Waals surface area contributed by atoms with Crippen LogP contribution in [0.1, 0.15) is 87.4 Å². The van der Waals surface area contributed by atoms with E-state index in [9.17, 15) is 7.85 Å². The van der Waals surface area contributed by atoms with Gasteiger partial charge in [-0.3, -0.25) is 9.55 Å². The average Bonchev–Trinajstić information content (AvgIpc) is 3.67. The summed E-state index contributed by atoms with van der Waals surface area (Å²) in [7, 11) is 0. The number of phenolic OH excluding ortho intramolecular Hbond substituents is 1. The van der Waals surface area contributed by atoms with Crippen molar-refractivity contribution in [3.8, 4) is 56.3 Å². The summed E-state index contributed by atoms with van der Waals surface area (Å²) in [6.07, 6.45) is 4.23. The SMILES string of the molecule is [2H]C([2H])([2H])c1ccc(-c2ccnc(-c3cc(-c4cccc5c4nc(-c4ccccc4O)n5-c4ccc(C5([2H])CCC([2H])(c6ccccc6)CC5)cc4)cc(C(C)(C)C)c3)c2)cc1. The van der Waals surface area contributed by atoms with Gasteiger partial charge in [0.25, 0.3) is 0 Å². The van der Waals surface area contributed by atoms with Crippen molar-refractivity contribution >= 4 is 11.0 Å². The minimum atomic E-state index is -2.17. The van der Waals surface area contributed by atoms with E-state index in [-0.39, 0.29) is 11.2 Å². The van der Waals surface area contributed by atoms with Gasteiger partial charge >= 0.3 is 0 Å². The molecule has 57 heavy (non-hydrogen) atoms. The molecule has 0 aliphatic heterocycles. The molecule has 0 unspecified atom stereocenters. The molecule has 0 atom stereocenters. The number of phenols is 1. The standard InChI is InChI=1S/C53H49N3O/c1-35-17-19-40(20-18-35)41-29-30-54-48(34-41)43-31-42(32-44(33-43)53(2,3)4)46-14-10-15-49-51(46)55-52(47-13-8-9-16-50(47)57)56(49)45-27-25-39(26-28-45)38-23-21-37(22-24-38)36-11-6-5-7-12-36/h5-20,25-34,37-38,57H,21-24H2,1-4H3/i1D3,37D,38D. The Bertz CT molecular complexity index is 2910. The van der Waals surface area contributed by atoms with Crippen LogP contribution < -0.4 is 0 Å². The molecule has 0 bridgehead atoms. The molecule has 9 rings (SSSR count). The molecule has 1 aliphatic rings. The minimum absolute atomic E-state index is 0.128. The Morgan fingerprint density at radius 2 is 1.30 bits per heavy atom. The average molecular weight is 749 g/mol. The van der Waals surface area contributed by atoms with Gasteiger partial charge in [0.1, 0.15) is 11.6 Å². The molecule has 0 radical (unpaired) electrons. The lowest BCUT2D eigenvalue weighted by Crippen LogP contribution is -2.12. The van der Waals surface area contributed by atoms with E-state index in [1.54, 1.807) is 24.4 Å². The van der Waals surface area contributed by atoms with E-state index in [2.05, 4.69) is 67.8 Å². The Balaban J connectivity index is 1.13. The van der Waals surface area contributed by atoms with Crippen LogP contribution in [-0.2, 0) is 5.41 Å². The second-order valence-corrected chi connectivity index (χ2v) is 16.1. The van der Waals surface area contributed by atoms with E-state index in [0.717, 1.165) is 66.9 Å². The van der Waals surface area contributed by atoms with E-state index >= 15 is 0 Å². The quantitative estimate of drug-likeness (QED) is 0.177. The highest BCUT2D eigenvalue weighted by Crippen LogP contribution is 2.43. The zero-order chi connectivity index (χ0) is 43.4. The van der Waals surface area contributed by atoms with E-state index in [0.29, 0.717) is 42.6 Å². The molecule has 1 N–H and O–H groups in total. The maximum atomic E-state index is 11.2. The second-order valence-electron chi connectivity index (χ2n) is 16.1. The summed E-state index contributed by atoms with van der Waals surface area (Å²) < 4.78 is 44.3. The van der Waals surface area contributed by atoms with Crippen molar-refractivity contribution in [2.24, 2.45) is 0 Å². The number of fused-ring (bicyclic) bond motifs is 1. The molecule has 0 saturated heterocycles. The predicted octanol–water partition coefficient (Wildman–Crippen LogP) is 13.8. The third-order valence-corrected chi connectivity index (χ3v) is 11.4. The Morgan fingerprint density at radius 3 is 2.00 bits per heavy atom. The van der Waals surface area contributed by atoms with Crippen molar-refractivity contribution in [2.45, 2.75) is 70.5 Å². The molecule has 4 heteroatoms. The molecule has 6 aromatic carbocycles. The van der Waals surface area contributed by atoms with Crippen LogP contribution in [0.2, 0.25) is 0 Å². The summed E-state index contributed by atoms with van der Waals surface area (Å²) in [6.45, 7) is 4.42. The number of aromatic nitrogens is 3. The number of aromatic hydroxyl groups is 1. The maximum absolute atomic E-state index is 11.2. The van der Waals surface area contributed by atoms with Gasteiger partial charge in [-0.25, -0.2) is 4.98 Å². The first-order valence-electron chi connectivity index (χ1n) is 22.3. The highest BCUT2D eigenvalue weighted by Gasteiger charge is 2.25. The number of para-hydroxylation sites is 2. The third kappa shape index (κ3) is 7.29. The lowest BCUT2D eigenvalue weighted by atomic mass is 9.76. The first-order valence-corrected chi connectivity index (χ1v) is 19.8. The van der Waals surface area contributed by atoms with Crippen molar-refractivity contribution in [1.82, 2.24) is 14.5 Å². The second kappa shape index (κ2) is 15.0. The van der Waals surface area contributed by atoms with E-state index in [1.807, 2.05) is 91.0 Å². The Labute approximate surface area is 343 Å². The highest BCUT2D eigenvalue weighted by atomic mass is 16.3. The largest absolute Gasteiger partial charge is 0.507 e. The van der Waals surface area contributed by atoms with Gasteiger partial charge < -0.3 is 5.11 Å². The molecule has 1 saturated carbocycles. The van der Waals surface area contributed by atoms with Crippen LogP contribution in [0.25, 0.3) is 61.6 Å². The van der Waals surface area contributed by atoms with E-state index in [1.165, 1.54) is 0 Å². The van der Waals surface area contributed by atoms with Gasteiger partial charge in [0.15, 0.2) is 0 Å². The van der Waals surface area contributed by atoms with Gasteiger partial charge in [0.2, 0.25) is 0 Å². The topological polar surface area (TPSA) is 50.9 Å². The molecular weight excluding hydrogens is 695 g/mol. The molecule has 8 aromatic rings. The lowest BCUT2D eigenvalue weighted by Gasteiger charge is -2.29. The fourth-order valence-electron chi connectivity index (χ4n) is 8.18. The first-order chi connectivity index (χ1) is 29.6. The van der Waals surface area contributed by atoms with E-state index < -0.39 is 18.6 Å². The Morgan fingerprint density at radius 1 is 0.632 bits per heavy atom. The third-order valence-electron chi connectivity index (χ3n) is 11.4. The van der Waals surface area contributed by atoms with Crippen LogP contribution in [0, 0.1) is 6.85 Å². The smallest absolute Gasteiger partial charge is 0.149 e. The van der Waals surface area contributed by atoms with Gasteiger partial charge in [-0.2, -0.15) is 0 Å². The molecule has 4 nitrogen and oxygen atoms in total. The van der Waals surface area contributed by atoms with Crippen LogP contribution in [0.15, 0.2) is 158 Å². The van der Waals surface area contributed by atoms with Crippen LogP contribution >= 0.6 is 0 Å². The van der Waals surface area contributed by atoms with E-state index in [4.69, 9.17) is 14.1 Å². The van der Waals surface area contributed by atoms with Gasteiger partial charge in [0.05, 0.1) is 22.3 Å². The molecule has 2 aromatic heterocycles. The number of hydrogen-bond acceptors (Lipinski definition) is 3. The zero-order valence-corrected chi connectivity index (χ0v) is 32.6. The summed E-state index contributed by atoms with van der Waals surface area (Å²) in [5, 5.41) is 11.2. The minimum Gasteiger partial charge on any atom is -0.507 e. The summed E-state index contributed by atoms with van der Waals surface area (Å²) in [6, 6.07) is 49.3. The van der Waals surface area contributed by atoms with Gasteiger partial charge in [-0.15, -0.1) is 0 Å². The first kappa shape index (κ1) is 30.9. The zero-order valence-electron chi connectivity index (χ0n) is 37.6. The van der Waals surface area contributed by atoms with Crippen LogP contribution in [0.4, 0.5) is 0 Å². The molecule has 282 valence electrons. The molecule has 0 amide bonds. The van der Waals surface area contributed by atoms with Crippen molar-refractivity contribution in [3.63, 3.8) is 0 Å². The highest BCUT2D eigenvalue weighted by molar-refractivity contribution is 5.96. The van der Waals surface area contributed by atoms with Crippen molar-refractivity contribution in [3.05, 3.63) is 180 Å². The van der Waals surface area contributed by atoms with Crippen LogP contribution in [-0.4, -0.2) is 19.6 Å². The number of pyridine rings is 1. The lowest BCUT2D eigenvalue weighted by molar-refractivity contribution is 0.396. The van der Waals surface area contributed by atoms with Gasteiger partial charge in [-0.1, -0.05) is 123 Å². The summed E-state index contributed by atoms with van der Waals surface area (Å²) in [5.74, 6) is -0.749. The number of imidazole rings is 1.